The van der Waals surface area contributed by atoms with Crippen LogP contribution in [0, 0.1) is 0 Å². The van der Waals surface area contributed by atoms with Gasteiger partial charge in [0.05, 0.1) is 0 Å². The molecule has 0 fully saturated rings. The Hall–Kier alpha value is -2.02. The first-order valence-corrected chi connectivity index (χ1v) is 6.49. The van der Waals surface area contributed by atoms with E-state index in [1.807, 2.05) is 6.20 Å². The molecule has 1 aliphatic heterocycles. The van der Waals surface area contributed by atoms with Gasteiger partial charge in [0.15, 0.2) is 0 Å². The van der Waals surface area contributed by atoms with E-state index in [1.54, 1.807) is 0 Å². The van der Waals surface area contributed by atoms with Crippen molar-refractivity contribution >= 4 is 11.8 Å². The van der Waals surface area contributed by atoms with Crippen LogP contribution in [0.4, 0.5) is 0 Å². The summed E-state index contributed by atoms with van der Waals surface area (Å²) in [5.41, 5.74) is 6.30. The molecule has 1 heteroatoms. The third-order valence-electron chi connectivity index (χ3n) is 3.35. The van der Waals surface area contributed by atoms with Crippen molar-refractivity contribution in [3.05, 3.63) is 76.3 Å². The molecular weight excluding hydrogens is 218 g/mol. The minimum absolute atomic E-state index is 1.11. The van der Waals surface area contributed by atoms with E-state index in [0.717, 1.165) is 12.1 Å². The minimum atomic E-state index is 1.11. The molecule has 0 saturated carbocycles. The van der Waals surface area contributed by atoms with Gasteiger partial charge in [-0.15, -0.1) is 5.70 Å². The number of hydrogen-bond donors (Lipinski definition) is 0. The molecule has 3 rings (SSSR count). The van der Waals surface area contributed by atoms with Gasteiger partial charge in [0.2, 0.25) is 0 Å². The molecule has 1 heterocycles. The summed E-state index contributed by atoms with van der Waals surface area (Å²) in [6.07, 6.45) is 12.8. The Bertz CT molecular complexity index is 585. The molecule has 0 unspecified atom stereocenters. The summed E-state index contributed by atoms with van der Waals surface area (Å²) in [6.45, 7) is 2.22. The van der Waals surface area contributed by atoms with E-state index >= 15 is 0 Å². The fourth-order valence-corrected chi connectivity index (χ4v) is 2.51. The molecule has 0 radical (unpaired) electrons. The number of hydrogen-bond acceptors (Lipinski definition) is 0. The predicted molar refractivity (Wildman–Crippen MR) is 77.9 cm³/mol. The average Bonchev–Trinajstić information content (AvgIpc) is 2.87. The van der Waals surface area contributed by atoms with Crippen molar-refractivity contribution in [3.63, 3.8) is 0 Å². The van der Waals surface area contributed by atoms with Crippen LogP contribution in [0.25, 0.3) is 17.1 Å². The van der Waals surface area contributed by atoms with Crippen LogP contribution >= 0.6 is 0 Å². The first kappa shape index (κ1) is 11.1. The van der Waals surface area contributed by atoms with Crippen molar-refractivity contribution < 1.29 is 0 Å². The summed E-state index contributed by atoms with van der Waals surface area (Å²) in [6, 6.07) is 8.45. The lowest BCUT2D eigenvalue weighted by atomic mass is 9.94. The Balaban J connectivity index is 2.10. The number of allylic oxidation sites excluding steroid dienone is 5. The van der Waals surface area contributed by atoms with Crippen LogP contribution in [0.15, 0.2) is 59.8 Å². The van der Waals surface area contributed by atoms with Crippen molar-refractivity contribution in [2.24, 2.45) is 0 Å². The van der Waals surface area contributed by atoms with E-state index in [2.05, 4.69) is 60.8 Å². The Morgan fingerprint density at radius 3 is 2.89 bits per heavy atom. The SMILES string of the molecule is CCCC1=CC=C/C1=C1\[N-]C=Cc2ccccc21. The topological polar surface area (TPSA) is 14.1 Å². The number of rotatable bonds is 2. The molecule has 0 spiro atoms. The van der Waals surface area contributed by atoms with E-state index < -0.39 is 0 Å². The Labute approximate surface area is 108 Å². The molecule has 18 heavy (non-hydrogen) atoms. The zero-order valence-electron chi connectivity index (χ0n) is 10.6. The highest BCUT2D eigenvalue weighted by molar-refractivity contribution is 5.91. The van der Waals surface area contributed by atoms with Gasteiger partial charge in [-0.05, 0) is 28.7 Å². The van der Waals surface area contributed by atoms with Gasteiger partial charge < -0.3 is 5.32 Å². The van der Waals surface area contributed by atoms with E-state index in [0.29, 0.717) is 0 Å². The smallest absolute Gasteiger partial charge is 0.0214 e. The third kappa shape index (κ3) is 1.82. The number of benzene rings is 1. The Kier molecular flexibility index (Phi) is 2.89. The monoisotopic (exact) mass is 234 g/mol. The first-order chi connectivity index (χ1) is 8.90. The second-order valence-corrected chi connectivity index (χ2v) is 4.60. The van der Waals surface area contributed by atoms with Crippen LogP contribution in [0.2, 0.25) is 0 Å². The fourth-order valence-electron chi connectivity index (χ4n) is 2.51. The summed E-state index contributed by atoms with van der Waals surface area (Å²) in [4.78, 5) is 0. The van der Waals surface area contributed by atoms with Gasteiger partial charge in [0, 0.05) is 0 Å². The lowest BCUT2D eigenvalue weighted by Crippen LogP contribution is -1.96. The van der Waals surface area contributed by atoms with Crippen LogP contribution in [0.1, 0.15) is 30.9 Å². The molecule has 0 bridgehead atoms. The van der Waals surface area contributed by atoms with Crippen LogP contribution in [-0.4, -0.2) is 0 Å². The van der Waals surface area contributed by atoms with Gasteiger partial charge in [-0.1, -0.05) is 61.9 Å². The molecule has 0 amide bonds. The van der Waals surface area contributed by atoms with E-state index in [4.69, 9.17) is 0 Å². The highest BCUT2D eigenvalue weighted by Crippen LogP contribution is 2.38. The maximum Gasteiger partial charge on any atom is -0.0214 e. The first-order valence-electron chi connectivity index (χ1n) is 6.49. The van der Waals surface area contributed by atoms with Crippen molar-refractivity contribution in [1.29, 1.82) is 0 Å². The molecule has 0 atom stereocenters. The van der Waals surface area contributed by atoms with Crippen LogP contribution in [0.3, 0.4) is 0 Å². The molecule has 0 aromatic heterocycles. The van der Waals surface area contributed by atoms with Crippen LogP contribution in [0.5, 0.6) is 0 Å². The van der Waals surface area contributed by atoms with Crippen LogP contribution < -0.4 is 0 Å². The summed E-state index contributed by atoms with van der Waals surface area (Å²) >= 11 is 0. The van der Waals surface area contributed by atoms with Gasteiger partial charge in [-0.25, -0.2) is 0 Å². The van der Waals surface area contributed by atoms with E-state index in [1.165, 1.54) is 28.7 Å². The molecule has 90 valence electrons. The van der Waals surface area contributed by atoms with Gasteiger partial charge >= 0.3 is 0 Å². The molecule has 1 nitrogen and oxygen atoms in total. The van der Waals surface area contributed by atoms with Crippen molar-refractivity contribution in [1.82, 2.24) is 0 Å². The van der Waals surface area contributed by atoms with E-state index in [-0.39, 0.29) is 0 Å². The van der Waals surface area contributed by atoms with Crippen LogP contribution in [-0.2, 0) is 0 Å². The van der Waals surface area contributed by atoms with Gasteiger partial charge in [-0.2, -0.15) is 6.20 Å². The van der Waals surface area contributed by atoms with Gasteiger partial charge in [0.1, 0.15) is 0 Å². The molecule has 1 aromatic carbocycles. The van der Waals surface area contributed by atoms with Crippen molar-refractivity contribution in [2.75, 3.05) is 0 Å². The lowest BCUT2D eigenvalue weighted by Gasteiger charge is -2.30. The molecule has 0 saturated heterocycles. The summed E-state index contributed by atoms with van der Waals surface area (Å²) in [5.74, 6) is 0. The minimum Gasteiger partial charge on any atom is -0.663 e. The summed E-state index contributed by atoms with van der Waals surface area (Å²) in [7, 11) is 0. The molecular formula is C17H16N-. The van der Waals surface area contributed by atoms with E-state index in [9.17, 15) is 0 Å². The summed E-state index contributed by atoms with van der Waals surface area (Å²) in [5, 5.41) is 4.59. The standard InChI is InChI=1S/C17H16N/c1-2-6-13-8-5-10-16(13)17-15-9-4-3-7-14(15)11-12-18-17/h3-5,7-12H,2,6H2,1H3/q-1/b17-16+. The highest BCUT2D eigenvalue weighted by Gasteiger charge is 2.10. The Morgan fingerprint density at radius 1 is 1.11 bits per heavy atom. The van der Waals surface area contributed by atoms with Gasteiger partial charge in [0.25, 0.3) is 0 Å². The zero-order chi connectivity index (χ0) is 12.4. The lowest BCUT2D eigenvalue weighted by molar-refractivity contribution is 0.922. The van der Waals surface area contributed by atoms with Gasteiger partial charge in [-0.3, -0.25) is 0 Å². The Morgan fingerprint density at radius 2 is 2.00 bits per heavy atom. The normalized spacial score (nSPS) is 20.6. The third-order valence-corrected chi connectivity index (χ3v) is 3.35. The number of fused-ring (bicyclic) bond motifs is 1. The van der Waals surface area contributed by atoms with Crippen molar-refractivity contribution in [2.45, 2.75) is 19.8 Å². The molecule has 1 aromatic rings. The second kappa shape index (κ2) is 4.69. The highest BCUT2D eigenvalue weighted by atomic mass is 14.9. The average molecular weight is 234 g/mol. The molecule has 2 aliphatic rings. The predicted octanol–water partition coefficient (Wildman–Crippen LogP) is 5.05. The molecule has 0 N–H and O–H groups in total. The number of nitrogens with zero attached hydrogens (tertiary/aromatic N) is 1. The maximum absolute atomic E-state index is 4.59. The fraction of sp³-hybridized carbons (Fsp3) is 0.176. The molecule has 1 aliphatic carbocycles. The maximum atomic E-state index is 4.59. The quantitative estimate of drug-likeness (QED) is 0.679. The summed E-state index contributed by atoms with van der Waals surface area (Å²) < 4.78 is 0. The second-order valence-electron chi connectivity index (χ2n) is 4.60. The zero-order valence-corrected chi connectivity index (χ0v) is 10.6. The van der Waals surface area contributed by atoms with Crippen molar-refractivity contribution in [3.8, 4) is 0 Å². The largest absolute Gasteiger partial charge is 0.663 e.